The second-order valence-electron chi connectivity index (χ2n) is 3.36. The number of nitrogens with one attached hydrogen (secondary N) is 1. The van der Waals surface area contributed by atoms with Crippen LogP contribution in [0.4, 0.5) is 19.0 Å². The number of hydrogen-bond donors (Lipinski definition) is 1. The van der Waals surface area contributed by atoms with E-state index in [1.165, 1.54) is 12.1 Å². The Hall–Kier alpha value is -1.70. The molecule has 1 aromatic rings. The molecule has 0 aromatic carbocycles. The third kappa shape index (κ3) is 3.46. The van der Waals surface area contributed by atoms with Gasteiger partial charge in [0.2, 0.25) is 0 Å². The van der Waals surface area contributed by atoms with Crippen molar-refractivity contribution in [2.45, 2.75) is 25.6 Å². The number of anilines is 1. The first-order chi connectivity index (χ1) is 7.43. The highest BCUT2D eigenvalue weighted by atomic mass is 19.4. The van der Waals surface area contributed by atoms with Crippen LogP contribution in [0.3, 0.4) is 0 Å². The minimum Gasteiger partial charge on any atom is -0.367 e. The van der Waals surface area contributed by atoms with Gasteiger partial charge in [0.1, 0.15) is 11.5 Å². The SMILES string of the molecule is C#CCC(C)Nc1cccc(C(F)(F)F)n1. The lowest BCUT2D eigenvalue weighted by Crippen LogP contribution is -2.17. The summed E-state index contributed by atoms with van der Waals surface area (Å²) in [5.41, 5.74) is -0.912. The first-order valence-electron chi connectivity index (χ1n) is 4.67. The van der Waals surface area contributed by atoms with Crippen molar-refractivity contribution in [3.8, 4) is 12.3 Å². The quantitative estimate of drug-likeness (QED) is 0.804. The highest BCUT2D eigenvalue weighted by molar-refractivity contribution is 5.37. The monoisotopic (exact) mass is 228 g/mol. The fourth-order valence-corrected chi connectivity index (χ4v) is 1.15. The molecular weight excluding hydrogens is 217 g/mol. The van der Waals surface area contributed by atoms with E-state index in [1.54, 1.807) is 6.92 Å². The van der Waals surface area contributed by atoms with E-state index < -0.39 is 11.9 Å². The van der Waals surface area contributed by atoms with Gasteiger partial charge >= 0.3 is 6.18 Å². The highest BCUT2D eigenvalue weighted by Gasteiger charge is 2.32. The van der Waals surface area contributed by atoms with E-state index in [9.17, 15) is 13.2 Å². The second-order valence-corrected chi connectivity index (χ2v) is 3.36. The lowest BCUT2D eigenvalue weighted by atomic mass is 10.2. The number of hydrogen-bond acceptors (Lipinski definition) is 2. The van der Waals surface area contributed by atoms with Gasteiger partial charge < -0.3 is 5.32 Å². The number of aromatic nitrogens is 1. The van der Waals surface area contributed by atoms with E-state index in [1.807, 2.05) is 0 Å². The fourth-order valence-electron chi connectivity index (χ4n) is 1.15. The maximum atomic E-state index is 12.3. The molecule has 2 nitrogen and oxygen atoms in total. The normalized spacial score (nSPS) is 12.9. The van der Waals surface area contributed by atoms with E-state index in [-0.39, 0.29) is 11.9 Å². The molecule has 0 aliphatic rings. The second kappa shape index (κ2) is 4.88. The van der Waals surface area contributed by atoms with Crippen molar-refractivity contribution in [2.24, 2.45) is 0 Å². The van der Waals surface area contributed by atoms with Crippen LogP contribution in [0.1, 0.15) is 19.0 Å². The summed E-state index contributed by atoms with van der Waals surface area (Å²) in [6.07, 6.45) is 1.10. The maximum absolute atomic E-state index is 12.3. The average Bonchev–Trinajstić information content (AvgIpc) is 2.17. The Morgan fingerprint density at radius 2 is 2.19 bits per heavy atom. The number of pyridine rings is 1. The van der Waals surface area contributed by atoms with Crippen LogP contribution in [0, 0.1) is 12.3 Å². The first kappa shape index (κ1) is 12.4. The molecule has 1 atom stereocenters. The molecule has 1 aromatic heterocycles. The van der Waals surface area contributed by atoms with E-state index >= 15 is 0 Å². The van der Waals surface area contributed by atoms with Crippen LogP contribution >= 0.6 is 0 Å². The molecule has 0 saturated heterocycles. The predicted molar refractivity (Wildman–Crippen MR) is 55.8 cm³/mol. The van der Waals surface area contributed by atoms with E-state index in [0.29, 0.717) is 6.42 Å². The van der Waals surface area contributed by atoms with Crippen LogP contribution in [0.15, 0.2) is 18.2 Å². The molecule has 0 spiro atoms. The lowest BCUT2D eigenvalue weighted by molar-refractivity contribution is -0.141. The largest absolute Gasteiger partial charge is 0.433 e. The van der Waals surface area contributed by atoms with Gasteiger partial charge in [0, 0.05) is 12.5 Å². The number of halogens is 3. The molecule has 0 aliphatic heterocycles. The third-order valence-electron chi connectivity index (χ3n) is 1.86. The molecule has 16 heavy (non-hydrogen) atoms. The van der Waals surface area contributed by atoms with Gasteiger partial charge in [0.15, 0.2) is 0 Å². The smallest absolute Gasteiger partial charge is 0.367 e. The van der Waals surface area contributed by atoms with Crippen molar-refractivity contribution >= 4 is 5.82 Å². The van der Waals surface area contributed by atoms with Gasteiger partial charge in [-0.15, -0.1) is 12.3 Å². The Kier molecular flexibility index (Phi) is 3.78. The van der Waals surface area contributed by atoms with Crippen LogP contribution in [-0.2, 0) is 6.18 Å². The van der Waals surface area contributed by atoms with Gasteiger partial charge in [0.25, 0.3) is 0 Å². The Morgan fingerprint density at radius 1 is 1.50 bits per heavy atom. The topological polar surface area (TPSA) is 24.9 Å². The predicted octanol–water partition coefficient (Wildman–Crippen LogP) is 2.92. The van der Waals surface area contributed by atoms with Gasteiger partial charge in [0.05, 0.1) is 0 Å². The Labute approximate surface area is 91.9 Å². The molecule has 0 fully saturated rings. The summed E-state index contributed by atoms with van der Waals surface area (Å²) in [5, 5.41) is 2.80. The van der Waals surface area contributed by atoms with Crippen molar-refractivity contribution in [1.29, 1.82) is 0 Å². The number of rotatable bonds is 3. The molecule has 0 amide bonds. The van der Waals surface area contributed by atoms with Crippen LogP contribution in [0.5, 0.6) is 0 Å². The highest BCUT2D eigenvalue weighted by Crippen LogP contribution is 2.28. The molecule has 1 N–H and O–H groups in total. The van der Waals surface area contributed by atoms with Crippen LogP contribution in [-0.4, -0.2) is 11.0 Å². The fraction of sp³-hybridized carbons (Fsp3) is 0.364. The van der Waals surface area contributed by atoms with Crippen LogP contribution < -0.4 is 5.32 Å². The average molecular weight is 228 g/mol. The minimum absolute atomic E-state index is 0.110. The number of nitrogens with zero attached hydrogens (tertiary/aromatic N) is 1. The van der Waals surface area contributed by atoms with Gasteiger partial charge in [-0.3, -0.25) is 0 Å². The van der Waals surface area contributed by atoms with Crippen molar-refractivity contribution in [3.63, 3.8) is 0 Å². The van der Waals surface area contributed by atoms with Gasteiger partial charge in [-0.25, -0.2) is 4.98 Å². The van der Waals surface area contributed by atoms with Gasteiger partial charge in [-0.1, -0.05) is 6.07 Å². The number of terminal acetylenes is 1. The molecule has 5 heteroatoms. The molecule has 0 radical (unpaired) electrons. The van der Waals surface area contributed by atoms with E-state index in [0.717, 1.165) is 6.07 Å². The van der Waals surface area contributed by atoms with Gasteiger partial charge in [-0.2, -0.15) is 13.2 Å². The standard InChI is InChI=1S/C11H11F3N2/c1-3-5-8(2)15-10-7-4-6-9(16-10)11(12,13)14/h1,4,6-8H,5H2,2H3,(H,15,16). The molecule has 0 aliphatic carbocycles. The minimum atomic E-state index is -4.42. The van der Waals surface area contributed by atoms with Crippen molar-refractivity contribution in [1.82, 2.24) is 4.98 Å². The van der Waals surface area contributed by atoms with Crippen molar-refractivity contribution in [2.75, 3.05) is 5.32 Å². The van der Waals surface area contributed by atoms with Crippen molar-refractivity contribution in [3.05, 3.63) is 23.9 Å². The number of alkyl halides is 3. The Balaban J connectivity index is 2.80. The molecule has 0 saturated carbocycles. The summed E-state index contributed by atoms with van der Waals surface area (Å²) >= 11 is 0. The molecule has 86 valence electrons. The van der Waals surface area contributed by atoms with E-state index in [2.05, 4.69) is 16.2 Å². The van der Waals surface area contributed by atoms with Gasteiger partial charge in [-0.05, 0) is 19.1 Å². The summed E-state index contributed by atoms with van der Waals surface area (Å²) in [6.45, 7) is 1.78. The summed E-state index contributed by atoms with van der Waals surface area (Å²) in [5.74, 6) is 2.60. The Morgan fingerprint density at radius 3 is 2.75 bits per heavy atom. The summed E-state index contributed by atoms with van der Waals surface area (Å²) in [7, 11) is 0. The lowest BCUT2D eigenvalue weighted by Gasteiger charge is -2.13. The van der Waals surface area contributed by atoms with Crippen molar-refractivity contribution < 1.29 is 13.2 Å². The maximum Gasteiger partial charge on any atom is 0.433 e. The van der Waals surface area contributed by atoms with E-state index in [4.69, 9.17) is 6.42 Å². The molecule has 0 bridgehead atoms. The zero-order valence-electron chi connectivity index (χ0n) is 8.67. The van der Waals surface area contributed by atoms with Crippen LogP contribution in [0.2, 0.25) is 0 Å². The third-order valence-corrected chi connectivity index (χ3v) is 1.86. The molecule has 1 heterocycles. The summed E-state index contributed by atoms with van der Waals surface area (Å²) < 4.78 is 37.0. The zero-order chi connectivity index (χ0) is 12.2. The molecular formula is C11H11F3N2. The Bertz CT molecular complexity index is 393. The molecule has 1 unspecified atom stereocenters. The molecule has 1 rings (SSSR count). The first-order valence-corrected chi connectivity index (χ1v) is 4.67. The van der Waals surface area contributed by atoms with Crippen LogP contribution in [0.25, 0.3) is 0 Å². The zero-order valence-corrected chi connectivity index (χ0v) is 8.67. The summed E-state index contributed by atoms with van der Waals surface area (Å²) in [4.78, 5) is 3.46. The summed E-state index contributed by atoms with van der Waals surface area (Å²) in [6, 6.07) is 3.60.